The Kier molecular flexibility index (Phi) is 596. The van der Waals surface area contributed by atoms with Crippen LogP contribution in [0.2, 0.25) is 0 Å². The van der Waals surface area contributed by atoms with Gasteiger partial charge in [0.15, 0.2) is 0 Å². The van der Waals surface area contributed by atoms with E-state index in [1.54, 1.807) is 0 Å². The Bertz CT molecular complexity index is 12.9. The summed E-state index contributed by atoms with van der Waals surface area (Å²) < 4.78 is 0. The Hall–Kier alpha value is 7.73. The third-order valence-corrected chi connectivity index (χ3v) is 0. The van der Waals surface area contributed by atoms with Crippen molar-refractivity contribution >= 4 is 0 Å². The summed E-state index contributed by atoms with van der Waals surface area (Å²) in [5.41, 5.74) is 0. The normalized spacial score (nSPS) is 1.38. The van der Waals surface area contributed by atoms with Gasteiger partial charge in [-0.25, -0.2) is 0 Å². The molecule has 0 saturated heterocycles. The number of hydrogen-bond donors (Lipinski definition) is 0. The topological polar surface area (TPSA) is 0 Å². The molecule has 13 heavy (non-hydrogen) atoms. The molecule has 0 aromatic carbocycles. The molecule has 0 aromatic rings. The summed E-state index contributed by atoms with van der Waals surface area (Å²) in [7, 11) is 0. The molecule has 0 saturated carbocycles. The summed E-state index contributed by atoms with van der Waals surface area (Å²) in [4.78, 5) is 0. The monoisotopic (exact) mass is 710 g/mol. The van der Waals surface area contributed by atoms with Gasteiger partial charge in [-0.2, -0.15) is 6.42 Å². The molecule has 0 rings (SSSR count). The molecule has 0 aliphatic heterocycles. The minimum atomic E-state index is 0. The fourth-order valence-corrected chi connectivity index (χ4v) is 0. The van der Waals surface area contributed by atoms with Crippen molar-refractivity contribution in [3.63, 3.8) is 0 Å². The molecule has 0 bridgehead atoms. The number of rotatable bonds is 0. The van der Waals surface area contributed by atoms with Crippen LogP contribution in [-0.2, 0) is 229 Å². The Morgan fingerprint density at radius 3 is 0.615 bits per heavy atom. The molecule has 0 amide bonds. The van der Waals surface area contributed by atoms with Gasteiger partial charge >= 0.3 is 0 Å². The van der Waals surface area contributed by atoms with Gasteiger partial charge in [0.05, 0.1) is 0 Å². The van der Waals surface area contributed by atoms with Gasteiger partial charge in [0.2, 0.25) is 0 Å². The molecule has 7 radical (unpaired) electrons. The van der Waals surface area contributed by atoms with Gasteiger partial charge < -0.3 is 29.2 Å². The van der Waals surface area contributed by atoms with Gasteiger partial charge in [0.1, 0.15) is 0 Å². The van der Waals surface area contributed by atoms with Gasteiger partial charge in [-0.3, -0.25) is 0 Å². The zero-order chi connectivity index (χ0) is 2.71. The van der Waals surface area contributed by atoms with Crippen molar-refractivity contribution in [2.24, 2.45) is 0 Å². The van der Waals surface area contributed by atoms with Gasteiger partial charge in [-0.15, -0.1) is 0 Å². The van der Waals surface area contributed by atoms with Crippen molar-refractivity contribution in [1.29, 1.82) is 0 Å². The first kappa shape index (κ1) is 85.2. The second kappa shape index (κ2) is 90.8. The van der Waals surface area contributed by atoms with Crippen LogP contribution < -0.4 is 0 Å². The van der Waals surface area contributed by atoms with Gasteiger partial charge in [0.25, 0.3) is 0 Å². The van der Waals surface area contributed by atoms with E-state index >= 15 is 0 Å². The molecule has 0 spiro atoms. The SMILES string of the molecule is [CH2-]CC.[CH3-].[CH3-].[CH3-].[Y].[Y].[Y].[Y].[Y].[Y].[Y]. The average molecular weight is 711 g/mol. The maximum Gasteiger partial charge on any atom is 0 e. The smallest absolute Gasteiger partial charge is 0 e. The summed E-state index contributed by atoms with van der Waals surface area (Å²) in [6, 6.07) is 0. The standard InChI is InChI=1S/C3H7.3CH3.7Y/c1-3-2;;;;;;;;;;/h1,3H2,2H3;3*1H3;;;;;;;/q4*-1;;;;;;;. The van der Waals surface area contributed by atoms with Crippen LogP contribution in [-0.4, -0.2) is 0 Å². The Morgan fingerprint density at radius 1 is 0.615 bits per heavy atom. The summed E-state index contributed by atoms with van der Waals surface area (Å²) in [5, 5.41) is 0. The van der Waals surface area contributed by atoms with E-state index in [4.69, 9.17) is 0 Å². The van der Waals surface area contributed by atoms with Crippen molar-refractivity contribution in [3.05, 3.63) is 29.2 Å². The van der Waals surface area contributed by atoms with E-state index in [2.05, 4.69) is 6.92 Å². The quantitative estimate of drug-likeness (QED) is 0.340. The Labute approximate surface area is 263 Å². The molecule has 65 valence electrons. The van der Waals surface area contributed by atoms with Crippen LogP contribution >= 0.6 is 0 Å². The first-order valence-corrected chi connectivity index (χ1v) is 1.21. The predicted octanol–water partition coefficient (Wildman–Crippen LogP) is 2.56. The second-order valence-electron chi connectivity index (χ2n) is 0.500. The predicted molar refractivity (Wildman–Crippen MR) is 34.9 cm³/mol. The second-order valence-corrected chi connectivity index (χ2v) is 0.500. The van der Waals surface area contributed by atoms with Crippen molar-refractivity contribution in [2.45, 2.75) is 13.3 Å². The molecule has 0 aliphatic rings. The van der Waals surface area contributed by atoms with Crippen molar-refractivity contribution < 1.29 is 229 Å². The summed E-state index contributed by atoms with van der Waals surface area (Å²) >= 11 is 0. The maximum absolute atomic E-state index is 3.49. The molecule has 0 atom stereocenters. The van der Waals surface area contributed by atoms with E-state index in [0.29, 0.717) is 0 Å². The Morgan fingerprint density at radius 2 is 0.615 bits per heavy atom. The summed E-state index contributed by atoms with van der Waals surface area (Å²) in [6.45, 7) is 5.50. The van der Waals surface area contributed by atoms with E-state index < -0.39 is 0 Å². The molecule has 0 heterocycles. The van der Waals surface area contributed by atoms with Crippen molar-refractivity contribution in [1.82, 2.24) is 0 Å². The van der Waals surface area contributed by atoms with Gasteiger partial charge in [0, 0.05) is 229 Å². The van der Waals surface area contributed by atoms with Crippen LogP contribution in [0.25, 0.3) is 0 Å². The molecular weight excluding hydrogens is 694 g/mol. The molecular formula is C6H16Y7-4. The zero-order valence-corrected chi connectivity index (χ0v) is 29.3. The average Bonchev–Trinajstić information content (AvgIpc) is 0.918. The van der Waals surface area contributed by atoms with Gasteiger partial charge in [-0.05, 0) is 0 Å². The third kappa shape index (κ3) is 104. The zero-order valence-electron chi connectivity index (χ0n) is 9.46. The van der Waals surface area contributed by atoms with E-state index in [0.717, 1.165) is 6.42 Å². The fraction of sp³-hybridized carbons (Fsp3) is 0.333. The first-order valence-electron chi connectivity index (χ1n) is 1.21. The largest absolute Gasteiger partial charge is 0.358 e. The van der Waals surface area contributed by atoms with Crippen LogP contribution in [0, 0.1) is 29.2 Å². The third-order valence-electron chi connectivity index (χ3n) is 0. The Balaban J connectivity index is -0.000000000444. The van der Waals surface area contributed by atoms with Crippen LogP contribution in [0.15, 0.2) is 0 Å². The number of hydrogen-bond acceptors (Lipinski definition) is 0. The van der Waals surface area contributed by atoms with Crippen molar-refractivity contribution in [3.8, 4) is 0 Å². The summed E-state index contributed by atoms with van der Waals surface area (Å²) in [6.07, 6.45) is 1.00. The van der Waals surface area contributed by atoms with Crippen molar-refractivity contribution in [2.75, 3.05) is 0 Å². The molecule has 0 N–H and O–H groups in total. The van der Waals surface area contributed by atoms with E-state index in [-0.39, 0.29) is 251 Å². The molecule has 0 aromatic heterocycles. The van der Waals surface area contributed by atoms with E-state index in [1.165, 1.54) is 0 Å². The van der Waals surface area contributed by atoms with Crippen LogP contribution in [0.3, 0.4) is 0 Å². The first-order chi connectivity index (χ1) is 1.41. The molecule has 0 unspecified atom stereocenters. The molecule has 0 fully saturated rings. The van der Waals surface area contributed by atoms with Crippen LogP contribution in [0.1, 0.15) is 13.3 Å². The minimum absolute atomic E-state index is 0. The molecule has 0 aliphatic carbocycles. The van der Waals surface area contributed by atoms with Gasteiger partial charge in [-0.1, -0.05) is 6.92 Å². The van der Waals surface area contributed by atoms with E-state index in [1.807, 2.05) is 6.92 Å². The minimum Gasteiger partial charge on any atom is -0.358 e. The van der Waals surface area contributed by atoms with E-state index in [9.17, 15) is 0 Å². The van der Waals surface area contributed by atoms with Crippen LogP contribution in [0.5, 0.6) is 0 Å². The fourth-order valence-electron chi connectivity index (χ4n) is 0. The van der Waals surface area contributed by atoms with Crippen LogP contribution in [0.4, 0.5) is 0 Å². The summed E-state index contributed by atoms with van der Waals surface area (Å²) in [5.74, 6) is 0. The molecule has 0 nitrogen and oxygen atoms in total. The maximum atomic E-state index is 3.49. The molecule has 7 heteroatoms.